The Morgan fingerprint density at radius 1 is 1.33 bits per heavy atom. The topological polar surface area (TPSA) is 108 Å². The number of carbonyl (C=O) groups excluding carboxylic acids is 1. The molecule has 0 spiro atoms. The van der Waals surface area contributed by atoms with E-state index in [1.807, 2.05) is 6.08 Å². The van der Waals surface area contributed by atoms with Crippen LogP contribution in [-0.2, 0) is 4.79 Å². The van der Waals surface area contributed by atoms with Crippen LogP contribution in [0.3, 0.4) is 0 Å². The van der Waals surface area contributed by atoms with E-state index in [4.69, 9.17) is 43.8 Å². The first-order valence-corrected chi connectivity index (χ1v) is 11.1. The van der Waals surface area contributed by atoms with Crippen LogP contribution in [-0.4, -0.2) is 34.9 Å². The highest BCUT2D eigenvalue weighted by Gasteiger charge is 2.25. The molecule has 0 aliphatic carbocycles. The van der Waals surface area contributed by atoms with Gasteiger partial charge in [0.15, 0.2) is 11.4 Å². The molecule has 1 aliphatic rings. The van der Waals surface area contributed by atoms with Crippen LogP contribution in [0.5, 0.6) is 5.75 Å². The van der Waals surface area contributed by atoms with Crippen LogP contribution in [0.4, 0.5) is 10.2 Å². The third-order valence-electron chi connectivity index (χ3n) is 5.64. The number of ether oxygens (including phenoxy) is 1. The number of nitrogens with zero attached hydrogens (tertiary/aromatic N) is 2. The van der Waals surface area contributed by atoms with Crippen LogP contribution in [0.2, 0.25) is 10.0 Å². The van der Waals surface area contributed by atoms with Gasteiger partial charge in [-0.25, -0.2) is 9.37 Å². The largest absolute Gasteiger partial charge is 0.478 e. The molecule has 1 aromatic carbocycles. The summed E-state index contributed by atoms with van der Waals surface area (Å²) in [6.45, 7) is 4.37. The number of amides is 1. The van der Waals surface area contributed by atoms with Crippen LogP contribution in [0.25, 0.3) is 16.5 Å². The van der Waals surface area contributed by atoms with Crippen LogP contribution in [0, 0.1) is 5.82 Å². The van der Waals surface area contributed by atoms with E-state index in [0.29, 0.717) is 36.0 Å². The molecule has 0 radical (unpaired) electrons. The summed E-state index contributed by atoms with van der Waals surface area (Å²) < 4.78 is 25.8. The van der Waals surface area contributed by atoms with Gasteiger partial charge >= 0.3 is 0 Å². The summed E-state index contributed by atoms with van der Waals surface area (Å²) in [7, 11) is 0. The van der Waals surface area contributed by atoms with Crippen molar-refractivity contribution in [2.24, 2.45) is 5.73 Å². The number of anilines is 1. The molecule has 0 bridgehead atoms. The fraction of sp³-hybridized carbons (Fsp3) is 0.304. The lowest BCUT2D eigenvalue weighted by molar-refractivity contribution is -0.131. The van der Waals surface area contributed by atoms with Gasteiger partial charge < -0.3 is 25.5 Å². The zero-order valence-electron chi connectivity index (χ0n) is 18.1. The van der Waals surface area contributed by atoms with E-state index in [1.165, 1.54) is 12.1 Å². The monoisotopic (exact) mass is 492 g/mol. The first-order chi connectivity index (χ1) is 15.7. The van der Waals surface area contributed by atoms with E-state index < -0.39 is 18.0 Å². The number of rotatable bonds is 5. The highest BCUT2D eigenvalue weighted by atomic mass is 35.5. The Morgan fingerprint density at radius 2 is 2.09 bits per heavy atom. The van der Waals surface area contributed by atoms with Crippen molar-refractivity contribution < 1.29 is 18.3 Å². The number of hydrogen-bond donors (Lipinski definition) is 2. The van der Waals surface area contributed by atoms with Gasteiger partial charge in [-0.2, -0.15) is 0 Å². The van der Waals surface area contributed by atoms with E-state index in [2.05, 4.69) is 4.98 Å². The zero-order chi connectivity index (χ0) is 23.9. The Hall–Kier alpha value is -2.81. The number of nitrogen functional groups attached to an aromatic ring is 1. The summed E-state index contributed by atoms with van der Waals surface area (Å²) in [4.78, 5) is 18.1. The van der Waals surface area contributed by atoms with Gasteiger partial charge in [-0.15, -0.1) is 0 Å². The van der Waals surface area contributed by atoms with Gasteiger partial charge in [-0.1, -0.05) is 29.3 Å². The minimum absolute atomic E-state index is 0.0869. The smallest absolute Gasteiger partial charge is 0.239 e. The van der Waals surface area contributed by atoms with Gasteiger partial charge in [0, 0.05) is 35.4 Å². The summed E-state index contributed by atoms with van der Waals surface area (Å²) in [6, 6.07) is 2.07. The number of benzene rings is 1. The molecule has 1 amide bonds. The Labute approximate surface area is 200 Å². The molecule has 3 heterocycles. The summed E-state index contributed by atoms with van der Waals surface area (Å²) in [5.74, 6) is -0.355. The Morgan fingerprint density at radius 3 is 2.76 bits per heavy atom. The van der Waals surface area contributed by atoms with Gasteiger partial charge in [-0.3, -0.25) is 4.79 Å². The van der Waals surface area contributed by atoms with Crippen LogP contribution in [0.15, 0.2) is 35.1 Å². The minimum Gasteiger partial charge on any atom is -0.478 e. The second kappa shape index (κ2) is 9.21. The summed E-state index contributed by atoms with van der Waals surface area (Å²) in [5, 5.41) is 0.860. The lowest BCUT2D eigenvalue weighted by Crippen LogP contribution is -2.43. The van der Waals surface area contributed by atoms with Gasteiger partial charge in [0.25, 0.3) is 0 Å². The lowest BCUT2D eigenvalue weighted by Gasteiger charge is -2.27. The fourth-order valence-electron chi connectivity index (χ4n) is 3.90. The Balaban J connectivity index is 1.66. The van der Waals surface area contributed by atoms with Crippen LogP contribution in [0.1, 0.15) is 37.5 Å². The van der Waals surface area contributed by atoms with Crippen molar-refractivity contribution in [2.75, 3.05) is 18.8 Å². The molecule has 10 heteroatoms. The SMILES string of the molecule is CC(Oc1c(N)ncc2c(C3=CCN(C(=O)[C@@H](C)N)CC3)coc12)c1c(Cl)ccc(F)c1Cl. The molecule has 1 unspecified atom stereocenters. The van der Waals surface area contributed by atoms with Crippen LogP contribution < -0.4 is 16.2 Å². The van der Waals surface area contributed by atoms with Crippen molar-refractivity contribution in [1.29, 1.82) is 0 Å². The van der Waals surface area contributed by atoms with E-state index in [-0.39, 0.29) is 27.5 Å². The fourth-order valence-corrected chi connectivity index (χ4v) is 4.57. The molecule has 1 aliphatic heterocycles. The van der Waals surface area contributed by atoms with E-state index in [1.54, 1.807) is 31.2 Å². The number of carbonyl (C=O) groups is 1. The molecule has 174 valence electrons. The van der Waals surface area contributed by atoms with Crippen molar-refractivity contribution in [1.82, 2.24) is 9.88 Å². The standard InChI is InChI=1S/C23H23Cl2FN4O3/c1-11(27)23(31)30-7-5-13(6-8-30)15-10-32-20-14(15)9-29-22(28)21(20)33-12(2)18-16(24)3-4-17(26)19(18)25/h3-5,9-12H,6-8,27H2,1-2H3,(H2,28,29)/t11-,12?/m1/s1. The molecule has 33 heavy (non-hydrogen) atoms. The van der Waals surface area contributed by atoms with E-state index in [0.717, 1.165) is 11.1 Å². The van der Waals surface area contributed by atoms with Gasteiger partial charge in [0.2, 0.25) is 11.7 Å². The number of furan rings is 1. The van der Waals surface area contributed by atoms with Gasteiger partial charge in [0.05, 0.1) is 22.7 Å². The predicted molar refractivity (Wildman–Crippen MR) is 127 cm³/mol. The molecule has 4 N–H and O–H groups in total. The molecule has 0 saturated heterocycles. The number of nitrogens with two attached hydrogens (primary N) is 2. The highest BCUT2D eigenvalue weighted by molar-refractivity contribution is 6.36. The summed E-state index contributed by atoms with van der Waals surface area (Å²) in [6.07, 6.45) is 5.11. The number of halogens is 3. The minimum atomic E-state index is -0.726. The lowest BCUT2D eigenvalue weighted by atomic mass is 9.99. The molecular weight excluding hydrogens is 470 g/mol. The molecule has 2 aromatic heterocycles. The van der Waals surface area contributed by atoms with Gasteiger partial charge in [0.1, 0.15) is 11.9 Å². The third-order valence-corrected chi connectivity index (χ3v) is 6.35. The average Bonchev–Trinajstić information content (AvgIpc) is 3.22. The summed E-state index contributed by atoms with van der Waals surface area (Å²) >= 11 is 12.4. The van der Waals surface area contributed by atoms with Crippen molar-refractivity contribution in [3.8, 4) is 5.75 Å². The first-order valence-electron chi connectivity index (χ1n) is 10.4. The molecule has 7 nitrogen and oxygen atoms in total. The quantitative estimate of drug-likeness (QED) is 0.487. The predicted octanol–water partition coefficient (Wildman–Crippen LogP) is 4.96. The van der Waals surface area contributed by atoms with E-state index >= 15 is 0 Å². The number of aromatic nitrogens is 1. The first kappa shape index (κ1) is 23.4. The summed E-state index contributed by atoms with van der Waals surface area (Å²) in [5.41, 5.74) is 14.4. The van der Waals surface area contributed by atoms with E-state index in [9.17, 15) is 9.18 Å². The number of pyridine rings is 1. The maximum Gasteiger partial charge on any atom is 0.239 e. The van der Waals surface area contributed by atoms with Crippen LogP contribution >= 0.6 is 23.2 Å². The molecular formula is C23H23Cl2FN4O3. The molecule has 0 fully saturated rings. The second-order valence-electron chi connectivity index (χ2n) is 7.93. The molecule has 4 rings (SSSR count). The Kier molecular flexibility index (Phi) is 6.52. The zero-order valence-corrected chi connectivity index (χ0v) is 19.6. The Bertz CT molecular complexity index is 1260. The van der Waals surface area contributed by atoms with Crippen molar-refractivity contribution in [3.05, 3.63) is 57.7 Å². The van der Waals surface area contributed by atoms with Gasteiger partial charge in [-0.05, 0) is 38.0 Å². The number of fused-ring (bicyclic) bond motifs is 1. The maximum absolute atomic E-state index is 14.0. The molecule has 2 atom stereocenters. The van der Waals surface area contributed by atoms with Crippen molar-refractivity contribution in [3.63, 3.8) is 0 Å². The molecule has 0 saturated carbocycles. The molecule has 3 aromatic rings. The maximum atomic E-state index is 14.0. The number of hydrogen-bond acceptors (Lipinski definition) is 6. The second-order valence-corrected chi connectivity index (χ2v) is 8.72. The normalized spacial score (nSPS) is 15.9. The third kappa shape index (κ3) is 4.38. The average molecular weight is 493 g/mol. The highest BCUT2D eigenvalue weighted by Crippen LogP contribution is 2.41. The van der Waals surface area contributed by atoms with Crippen molar-refractivity contribution in [2.45, 2.75) is 32.4 Å². The van der Waals surface area contributed by atoms with Crippen molar-refractivity contribution >= 4 is 51.5 Å².